The third-order valence-corrected chi connectivity index (χ3v) is 4.95. The maximum atomic E-state index is 12.0. The fourth-order valence-corrected chi connectivity index (χ4v) is 4.22. The van der Waals surface area contributed by atoms with E-state index in [1.165, 1.54) is 17.4 Å². The van der Waals surface area contributed by atoms with Crippen LogP contribution in [-0.2, 0) is 19.6 Å². The molecule has 19 heavy (non-hydrogen) atoms. The highest BCUT2D eigenvalue weighted by atomic mass is 32.2. The zero-order valence-electron chi connectivity index (χ0n) is 10.2. The summed E-state index contributed by atoms with van der Waals surface area (Å²) in [4.78, 5) is 22.6. The number of hydrogen-bond donors (Lipinski definition) is 3. The molecule has 0 aromatic carbocycles. The van der Waals surface area contributed by atoms with Crippen LogP contribution in [-0.4, -0.2) is 36.6 Å². The fourth-order valence-electron chi connectivity index (χ4n) is 1.48. The van der Waals surface area contributed by atoms with Gasteiger partial charge in [0.15, 0.2) is 0 Å². The van der Waals surface area contributed by atoms with Crippen LogP contribution in [0.5, 0.6) is 0 Å². The second-order valence-electron chi connectivity index (χ2n) is 3.89. The van der Waals surface area contributed by atoms with Crippen molar-refractivity contribution < 1.29 is 28.2 Å². The third kappa shape index (κ3) is 4.01. The van der Waals surface area contributed by atoms with E-state index in [9.17, 15) is 18.0 Å². The van der Waals surface area contributed by atoms with Crippen LogP contribution in [0.15, 0.2) is 11.0 Å². The monoisotopic (exact) mass is 307 g/mol. The minimum Gasteiger partial charge on any atom is -0.481 e. The highest BCUT2D eigenvalue weighted by molar-refractivity contribution is 7.89. The van der Waals surface area contributed by atoms with Gasteiger partial charge in [-0.25, -0.2) is 8.42 Å². The predicted octanol–water partition coefficient (Wildman–Crippen LogP) is 0.571. The summed E-state index contributed by atoms with van der Waals surface area (Å²) in [5.41, 5.74) is 0. The van der Waals surface area contributed by atoms with Gasteiger partial charge in [-0.2, -0.15) is 4.72 Å². The molecule has 0 fully saturated rings. The molecule has 3 N–H and O–H groups in total. The van der Waals surface area contributed by atoms with E-state index in [2.05, 4.69) is 0 Å². The van der Waals surface area contributed by atoms with Crippen molar-refractivity contribution in [2.45, 2.75) is 31.2 Å². The molecule has 0 saturated carbocycles. The van der Waals surface area contributed by atoms with Crippen molar-refractivity contribution in [1.82, 2.24) is 4.72 Å². The Morgan fingerprint density at radius 1 is 1.37 bits per heavy atom. The predicted molar refractivity (Wildman–Crippen MR) is 67.8 cm³/mol. The van der Waals surface area contributed by atoms with Gasteiger partial charge in [-0.3, -0.25) is 9.59 Å². The first-order valence-corrected chi connectivity index (χ1v) is 7.47. The van der Waals surface area contributed by atoms with Crippen LogP contribution in [0.1, 0.15) is 16.2 Å². The first-order chi connectivity index (χ1) is 8.63. The third-order valence-electron chi connectivity index (χ3n) is 2.26. The van der Waals surface area contributed by atoms with E-state index >= 15 is 0 Å². The summed E-state index contributed by atoms with van der Waals surface area (Å²) in [6, 6.07) is -0.274. The number of carbonyl (C=O) groups is 2. The fraction of sp³-hybridized carbons (Fsp3) is 0.400. The summed E-state index contributed by atoms with van der Waals surface area (Å²) < 4.78 is 25.9. The minimum absolute atomic E-state index is 0.0216. The van der Waals surface area contributed by atoms with Crippen molar-refractivity contribution in [2.75, 3.05) is 0 Å². The van der Waals surface area contributed by atoms with Crippen molar-refractivity contribution >= 4 is 33.3 Å². The van der Waals surface area contributed by atoms with Gasteiger partial charge in [-0.15, -0.1) is 11.3 Å². The van der Waals surface area contributed by atoms with Crippen LogP contribution in [0, 0.1) is 13.8 Å². The van der Waals surface area contributed by atoms with Crippen LogP contribution in [0.4, 0.5) is 0 Å². The first-order valence-electron chi connectivity index (χ1n) is 5.17. The zero-order chi connectivity index (χ0) is 14.8. The number of aryl methyl sites for hydroxylation is 2. The molecule has 1 heterocycles. The lowest BCUT2D eigenvalue weighted by molar-refractivity contribution is -0.145. The van der Waals surface area contributed by atoms with E-state index in [1.807, 2.05) is 4.72 Å². The van der Waals surface area contributed by atoms with Gasteiger partial charge >= 0.3 is 11.9 Å². The van der Waals surface area contributed by atoms with Crippen LogP contribution in [0.2, 0.25) is 0 Å². The largest absolute Gasteiger partial charge is 0.481 e. The van der Waals surface area contributed by atoms with E-state index in [4.69, 9.17) is 10.2 Å². The highest BCUT2D eigenvalue weighted by Gasteiger charge is 2.29. The highest BCUT2D eigenvalue weighted by Crippen LogP contribution is 2.25. The number of sulfonamides is 1. The molecule has 0 saturated heterocycles. The van der Waals surface area contributed by atoms with E-state index in [1.54, 1.807) is 13.8 Å². The SMILES string of the molecule is Cc1cc(S(=O)(=O)N[C@H](CC(=O)O)C(=O)O)c(C)s1. The number of thiophene rings is 1. The Morgan fingerprint density at radius 2 is 1.95 bits per heavy atom. The molecule has 0 unspecified atom stereocenters. The lowest BCUT2D eigenvalue weighted by Crippen LogP contribution is -2.42. The average molecular weight is 307 g/mol. The zero-order valence-corrected chi connectivity index (χ0v) is 11.8. The van der Waals surface area contributed by atoms with Crippen molar-refractivity contribution in [3.05, 3.63) is 15.8 Å². The Labute approximate surface area is 113 Å². The summed E-state index contributed by atoms with van der Waals surface area (Å²) in [6.45, 7) is 3.32. The number of hydrogen-bond acceptors (Lipinski definition) is 5. The van der Waals surface area contributed by atoms with E-state index < -0.39 is 34.4 Å². The molecule has 0 aliphatic carbocycles. The number of rotatable bonds is 6. The van der Waals surface area contributed by atoms with Gasteiger partial charge in [0.25, 0.3) is 0 Å². The average Bonchev–Trinajstić information content (AvgIpc) is 2.56. The lowest BCUT2D eigenvalue weighted by atomic mass is 10.2. The Balaban J connectivity index is 3.04. The maximum Gasteiger partial charge on any atom is 0.322 e. The number of aliphatic carboxylic acids is 2. The van der Waals surface area contributed by atoms with Gasteiger partial charge in [0.2, 0.25) is 10.0 Å². The van der Waals surface area contributed by atoms with Crippen LogP contribution < -0.4 is 4.72 Å². The molecule has 0 amide bonds. The van der Waals surface area contributed by atoms with Gasteiger partial charge in [-0.05, 0) is 19.9 Å². The van der Waals surface area contributed by atoms with Crippen molar-refractivity contribution in [3.63, 3.8) is 0 Å². The maximum absolute atomic E-state index is 12.0. The second kappa shape index (κ2) is 5.68. The van der Waals surface area contributed by atoms with E-state index in [-0.39, 0.29) is 4.90 Å². The Kier molecular flexibility index (Phi) is 4.66. The summed E-state index contributed by atoms with van der Waals surface area (Å²) in [6.07, 6.45) is -0.823. The molecule has 1 aromatic rings. The molecule has 1 aromatic heterocycles. The molecule has 1 atom stereocenters. The van der Waals surface area contributed by atoms with Gasteiger partial charge in [0.1, 0.15) is 6.04 Å². The van der Waals surface area contributed by atoms with Gasteiger partial charge in [0, 0.05) is 9.75 Å². The number of carboxylic acid groups (broad SMARTS) is 2. The quantitative estimate of drug-likeness (QED) is 0.706. The minimum atomic E-state index is -4.04. The van der Waals surface area contributed by atoms with Crippen molar-refractivity contribution in [3.8, 4) is 0 Å². The Bertz CT molecular complexity index is 604. The molecule has 1 rings (SSSR count). The van der Waals surface area contributed by atoms with E-state index in [0.717, 1.165) is 4.88 Å². The molecule has 0 spiro atoms. The summed E-state index contributed by atoms with van der Waals surface area (Å²) in [5.74, 6) is -2.93. The molecular formula is C10H13NO6S2. The summed E-state index contributed by atoms with van der Waals surface area (Å²) >= 11 is 1.26. The Morgan fingerprint density at radius 3 is 2.32 bits per heavy atom. The Hall–Kier alpha value is -1.45. The topological polar surface area (TPSA) is 121 Å². The smallest absolute Gasteiger partial charge is 0.322 e. The van der Waals surface area contributed by atoms with Crippen LogP contribution in [0.3, 0.4) is 0 Å². The molecule has 106 valence electrons. The van der Waals surface area contributed by atoms with Crippen LogP contribution >= 0.6 is 11.3 Å². The summed E-state index contributed by atoms with van der Waals surface area (Å²) in [7, 11) is -4.04. The molecule has 9 heteroatoms. The van der Waals surface area contributed by atoms with Gasteiger partial charge in [0.05, 0.1) is 11.3 Å². The molecule has 7 nitrogen and oxygen atoms in total. The first kappa shape index (κ1) is 15.6. The number of nitrogens with one attached hydrogen (secondary N) is 1. The molecule has 0 radical (unpaired) electrons. The molecule has 0 bridgehead atoms. The normalized spacial score (nSPS) is 13.2. The van der Waals surface area contributed by atoms with Crippen molar-refractivity contribution in [1.29, 1.82) is 0 Å². The molecular weight excluding hydrogens is 294 g/mol. The molecule has 0 aliphatic rings. The standard InChI is InChI=1S/C10H13NO6S2/c1-5-3-8(6(2)18-5)19(16,17)11-7(10(14)15)4-9(12)13/h3,7,11H,4H2,1-2H3,(H,12,13)(H,14,15)/t7-/m1/s1. The van der Waals surface area contributed by atoms with Crippen molar-refractivity contribution in [2.24, 2.45) is 0 Å². The molecule has 0 aliphatic heterocycles. The van der Waals surface area contributed by atoms with E-state index in [0.29, 0.717) is 4.88 Å². The number of carboxylic acids is 2. The second-order valence-corrected chi connectivity index (χ2v) is 7.03. The van der Waals surface area contributed by atoms with Gasteiger partial charge < -0.3 is 10.2 Å². The summed E-state index contributed by atoms with van der Waals surface area (Å²) in [5, 5.41) is 17.4. The lowest BCUT2D eigenvalue weighted by Gasteiger charge is -2.12. The van der Waals surface area contributed by atoms with Crippen LogP contribution in [0.25, 0.3) is 0 Å². The van der Waals surface area contributed by atoms with Gasteiger partial charge in [-0.1, -0.05) is 0 Å².